The van der Waals surface area contributed by atoms with Crippen LogP contribution in [0.2, 0.25) is 0 Å². The van der Waals surface area contributed by atoms with Gasteiger partial charge >= 0.3 is 0 Å². The molecule has 1 amide bonds. The lowest BCUT2D eigenvalue weighted by molar-refractivity contribution is -0.137. The summed E-state index contributed by atoms with van der Waals surface area (Å²) in [6.45, 7) is 1.05. The van der Waals surface area contributed by atoms with Crippen LogP contribution in [-0.2, 0) is 14.6 Å². The summed E-state index contributed by atoms with van der Waals surface area (Å²) in [6.07, 6.45) is 4.07. The fourth-order valence-corrected chi connectivity index (χ4v) is 5.87. The molecule has 5 nitrogen and oxygen atoms in total. The van der Waals surface area contributed by atoms with Gasteiger partial charge in [0.25, 0.3) is 0 Å². The van der Waals surface area contributed by atoms with E-state index >= 15 is 0 Å². The van der Waals surface area contributed by atoms with E-state index in [4.69, 9.17) is 5.73 Å². The maximum Gasteiger partial charge on any atom is 0.227 e. The molecule has 1 saturated heterocycles. The molecule has 0 aromatic heterocycles. The van der Waals surface area contributed by atoms with Gasteiger partial charge in [0.1, 0.15) is 5.37 Å². The summed E-state index contributed by atoms with van der Waals surface area (Å²) in [6, 6.07) is 0. The largest absolute Gasteiger partial charge is 0.330 e. The highest BCUT2D eigenvalue weighted by atomic mass is 32.2. The molecule has 0 bridgehead atoms. The number of carbonyl (C=O) groups is 1. The van der Waals surface area contributed by atoms with Crippen molar-refractivity contribution in [3.8, 4) is 0 Å². The second-order valence-corrected chi connectivity index (χ2v) is 8.78. The van der Waals surface area contributed by atoms with Gasteiger partial charge in [0, 0.05) is 30.2 Å². The van der Waals surface area contributed by atoms with Gasteiger partial charge in [-0.15, -0.1) is 0 Å². The van der Waals surface area contributed by atoms with E-state index in [0.29, 0.717) is 18.8 Å². The Morgan fingerprint density at radius 2 is 2.16 bits per heavy atom. The lowest BCUT2D eigenvalue weighted by Gasteiger charge is -2.36. The number of amides is 1. The molecular weight excluding hydrogens is 284 g/mol. The number of nitrogens with two attached hydrogens (primary N) is 1. The second-order valence-electron chi connectivity index (χ2n) is 5.42. The van der Waals surface area contributed by atoms with Gasteiger partial charge in [0.15, 0.2) is 9.84 Å². The predicted molar refractivity (Wildman–Crippen MR) is 77.6 cm³/mol. The summed E-state index contributed by atoms with van der Waals surface area (Å²) >= 11 is 1.60. The van der Waals surface area contributed by atoms with Crippen LogP contribution in [0.25, 0.3) is 0 Å². The van der Waals surface area contributed by atoms with E-state index in [-0.39, 0.29) is 17.7 Å². The molecule has 3 atom stereocenters. The molecule has 2 N–H and O–H groups in total. The van der Waals surface area contributed by atoms with Crippen molar-refractivity contribution < 1.29 is 13.2 Å². The van der Waals surface area contributed by atoms with E-state index in [1.54, 1.807) is 16.7 Å². The topological polar surface area (TPSA) is 80.5 Å². The molecule has 2 fully saturated rings. The molecule has 1 saturated carbocycles. The second kappa shape index (κ2) is 6.01. The summed E-state index contributed by atoms with van der Waals surface area (Å²) in [5.74, 6) is 1.46. The summed E-state index contributed by atoms with van der Waals surface area (Å²) in [5, 5.41) is -0.655. The van der Waals surface area contributed by atoms with Gasteiger partial charge in [-0.1, -0.05) is 6.42 Å². The van der Waals surface area contributed by atoms with Crippen LogP contribution in [0, 0.1) is 11.8 Å². The molecule has 7 heteroatoms. The smallest absolute Gasteiger partial charge is 0.227 e. The van der Waals surface area contributed by atoms with E-state index < -0.39 is 15.2 Å². The third-order valence-corrected chi connectivity index (χ3v) is 6.78. The minimum Gasteiger partial charge on any atom is -0.330 e. The van der Waals surface area contributed by atoms with Crippen LogP contribution in [0.1, 0.15) is 19.3 Å². The molecule has 3 unspecified atom stereocenters. The third-order valence-electron chi connectivity index (χ3n) is 4.14. The Hall–Kier alpha value is -0.270. The standard InChI is InChI=1S/C12H22N2O3S2/c1-19(16,17)11-8-18-6-5-14(11)12(15)10-4-2-3-9(10)7-13/h9-11H,2-8,13H2,1H3. The molecule has 0 aromatic carbocycles. The van der Waals surface area contributed by atoms with E-state index in [2.05, 4.69) is 0 Å². The van der Waals surface area contributed by atoms with Crippen molar-refractivity contribution in [1.82, 2.24) is 4.90 Å². The van der Waals surface area contributed by atoms with Gasteiger partial charge in [-0.3, -0.25) is 4.79 Å². The van der Waals surface area contributed by atoms with Gasteiger partial charge in [-0.2, -0.15) is 11.8 Å². The number of sulfone groups is 1. The van der Waals surface area contributed by atoms with Gasteiger partial charge in [0.05, 0.1) is 0 Å². The number of nitrogens with zero attached hydrogens (tertiary/aromatic N) is 1. The van der Waals surface area contributed by atoms with Crippen LogP contribution in [0.5, 0.6) is 0 Å². The molecule has 2 aliphatic rings. The minimum absolute atomic E-state index is 0.00340. The van der Waals surface area contributed by atoms with Gasteiger partial charge < -0.3 is 10.6 Å². The minimum atomic E-state index is -3.22. The fraction of sp³-hybridized carbons (Fsp3) is 0.917. The Kier molecular flexibility index (Phi) is 4.79. The van der Waals surface area contributed by atoms with E-state index in [1.807, 2.05) is 0 Å². The number of carbonyl (C=O) groups excluding carboxylic acids is 1. The van der Waals surface area contributed by atoms with Crippen LogP contribution in [0.15, 0.2) is 0 Å². The quantitative estimate of drug-likeness (QED) is 0.811. The Labute approximate surface area is 119 Å². The third kappa shape index (κ3) is 3.25. The maximum absolute atomic E-state index is 12.6. The Morgan fingerprint density at radius 1 is 1.42 bits per heavy atom. The number of hydrogen-bond donors (Lipinski definition) is 1. The van der Waals surface area contributed by atoms with Crippen LogP contribution < -0.4 is 5.73 Å². The molecule has 1 aliphatic heterocycles. The van der Waals surface area contributed by atoms with Crippen LogP contribution in [0.3, 0.4) is 0 Å². The summed E-state index contributed by atoms with van der Waals surface area (Å²) < 4.78 is 23.7. The normalized spacial score (nSPS) is 32.5. The van der Waals surface area contributed by atoms with Crippen molar-refractivity contribution in [2.45, 2.75) is 24.6 Å². The molecule has 1 heterocycles. The maximum atomic E-state index is 12.6. The average molecular weight is 306 g/mol. The monoisotopic (exact) mass is 306 g/mol. The van der Waals surface area contributed by atoms with Crippen LogP contribution >= 0.6 is 11.8 Å². The Bertz CT molecular complexity index is 438. The van der Waals surface area contributed by atoms with Crippen molar-refractivity contribution in [2.24, 2.45) is 17.6 Å². The highest BCUT2D eigenvalue weighted by molar-refractivity contribution is 8.00. The summed E-state index contributed by atoms with van der Waals surface area (Å²) in [7, 11) is -3.22. The highest BCUT2D eigenvalue weighted by Gasteiger charge is 2.40. The Balaban J connectivity index is 2.16. The number of rotatable bonds is 3. The van der Waals surface area contributed by atoms with Crippen molar-refractivity contribution in [2.75, 3.05) is 30.9 Å². The highest BCUT2D eigenvalue weighted by Crippen LogP contribution is 2.34. The molecule has 19 heavy (non-hydrogen) atoms. The lowest BCUT2D eigenvalue weighted by atomic mass is 9.94. The zero-order valence-corrected chi connectivity index (χ0v) is 12.9. The predicted octanol–water partition coefficient (Wildman–Crippen LogP) is 0.308. The fourth-order valence-electron chi connectivity index (χ4n) is 3.04. The lowest BCUT2D eigenvalue weighted by Crippen LogP contribution is -2.52. The van der Waals surface area contributed by atoms with Crippen molar-refractivity contribution >= 4 is 27.5 Å². The molecule has 110 valence electrons. The molecule has 1 aliphatic carbocycles. The Morgan fingerprint density at radius 3 is 2.79 bits per heavy atom. The zero-order chi connectivity index (χ0) is 14.0. The number of hydrogen-bond acceptors (Lipinski definition) is 5. The zero-order valence-electron chi connectivity index (χ0n) is 11.2. The first kappa shape index (κ1) is 15.1. The summed E-state index contributed by atoms with van der Waals surface area (Å²) in [4.78, 5) is 14.2. The number of thioether (sulfide) groups is 1. The van der Waals surface area contributed by atoms with Gasteiger partial charge in [-0.25, -0.2) is 8.42 Å². The first-order valence-electron chi connectivity index (χ1n) is 6.72. The first-order valence-corrected chi connectivity index (χ1v) is 9.83. The SMILES string of the molecule is CS(=O)(=O)C1CSCCN1C(=O)C1CCCC1CN. The van der Waals surface area contributed by atoms with Crippen LogP contribution in [0.4, 0.5) is 0 Å². The van der Waals surface area contributed by atoms with Crippen molar-refractivity contribution in [1.29, 1.82) is 0 Å². The van der Waals surface area contributed by atoms with Gasteiger partial charge in [0.2, 0.25) is 5.91 Å². The molecular formula is C12H22N2O3S2. The van der Waals surface area contributed by atoms with Crippen LogP contribution in [-0.4, -0.2) is 55.4 Å². The molecule has 2 rings (SSSR count). The van der Waals surface area contributed by atoms with E-state index in [9.17, 15) is 13.2 Å². The molecule has 0 radical (unpaired) electrons. The molecule has 0 spiro atoms. The average Bonchev–Trinajstić information content (AvgIpc) is 2.85. The van der Waals surface area contributed by atoms with Crippen molar-refractivity contribution in [3.63, 3.8) is 0 Å². The molecule has 0 aromatic rings. The van der Waals surface area contributed by atoms with E-state index in [0.717, 1.165) is 25.0 Å². The van der Waals surface area contributed by atoms with Gasteiger partial charge in [-0.05, 0) is 25.3 Å². The summed E-state index contributed by atoms with van der Waals surface area (Å²) in [5.41, 5.74) is 5.72. The first-order chi connectivity index (χ1) is 8.95. The van der Waals surface area contributed by atoms with Crippen molar-refractivity contribution in [3.05, 3.63) is 0 Å². The van der Waals surface area contributed by atoms with E-state index in [1.165, 1.54) is 6.26 Å².